The summed E-state index contributed by atoms with van der Waals surface area (Å²) in [6.45, 7) is 3.91. The van der Waals surface area contributed by atoms with Gasteiger partial charge in [-0.3, -0.25) is 9.59 Å². The first-order valence-corrected chi connectivity index (χ1v) is 8.42. The largest absolute Gasteiger partial charge is 0.497 e. The minimum Gasteiger partial charge on any atom is -0.497 e. The molecule has 1 amide bonds. The first kappa shape index (κ1) is 18.3. The number of amides is 1. The van der Waals surface area contributed by atoms with Crippen molar-refractivity contribution >= 4 is 22.4 Å². The van der Waals surface area contributed by atoms with Crippen LogP contribution in [0, 0.1) is 0 Å². The lowest BCUT2D eigenvalue weighted by Crippen LogP contribution is -2.21. The maximum Gasteiger partial charge on any atom is 0.262 e. The van der Waals surface area contributed by atoms with Gasteiger partial charge >= 0.3 is 0 Å². The van der Waals surface area contributed by atoms with Gasteiger partial charge in [-0.2, -0.15) is 0 Å². The lowest BCUT2D eigenvalue weighted by atomic mass is 10.1. The summed E-state index contributed by atoms with van der Waals surface area (Å²) in [4.78, 5) is 24.7. The molecular weight excluding hydrogens is 344 g/mol. The van der Waals surface area contributed by atoms with Crippen molar-refractivity contribution in [3.05, 3.63) is 77.7 Å². The van der Waals surface area contributed by atoms with Gasteiger partial charge in [0.15, 0.2) is 6.61 Å². The Bertz CT molecular complexity index is 1040. The van der Waals surface area contributed by atoms with Gasteiger partial charge < -0.3 is 19.4 Å². The highest BCUT2D eigenvalue weighted by atomic mass is 16.5. The molecule has 1 N–H and O–H groups in total. The van der Waals surface area contributed by atoms with Gasteiger partial charge in [0.1, 0.15) is 11.5 Å². The number of hydrogen-bond acceptors (Lipinski definition) is 4. The molecule has 2 aromatic carbocycles. The molecule has 138 valence electrons. The van der Waals surface area contributed by atoms with Crippen molar-refractivity contribution in [3.63, 3.8) is 0 Å². The van der Waals surface area contributed by atoms with Crippen LogP contribution < -0.4 is 20.3 Å². The summed E-state index contributed by atoms with van der Waals surface area (Å²) in [5.74, 6) is 0.829. The normalized spacial score (nSPS) is 10.4. The molecule has 0 bridgehead atoms. The van der Waals surface area contributed by atoms with Gasteiger partial charge in [-0.15, -0.1) is 6.58 Å². The number of nitrogens with zero attached hydrogens (tertiary/aromatic N) is 1. The van der Waals surface area contributed by atoms with Gasteiger partial charge in [0.25, 0.3) is 11.5 Å². The standard InChI is InChI=1S/C21H20N2O4/c1-3-11-23-12-10-17-18(21(23)25)8-5-9-19(17)27-14-20(24)22-15-6-4-7-16(13-15)26-2/h3-10,12-13H,1,11,14H2,2H3,(H,22,24). The number of carbonyl (C=O) groups excluding carboxylic acids is 1. The van der Waals surface area contributed by atoms with Gasteiger partial charge in [-0.25, -0.2) is 0 Å². The summed E-state index contributed by atoms with van der Waals surface area (Å²) in [5.41, 5.74) is 0.492. The first-order chi connectivity index (χ1) is 13.1. The Morgan fingerprint density at radius 3 is 2.78 bits per heavy atom. The van der Waals surface area contributed by atoms with Crippen molar-refractivity contribution in [2.45, 2.75) is 6.54 Å². The smallest absolute Gasteiger partial charge is 0.262 e. The molecule has 0 aliphatic rings. The van der Waals surface area contributed by atoms with Crippen LogP contribution in [-0.4, -0.2) is 24.2 Å². The molecule has 0 unspecified atom stereocenters. The number of allylic oxidation sites excluding steroid dienone is 1. The zero-order valence-corrected chi connectivity index (χ0v) is 15.0. The fourth-order valence-electron chi connectivity index (χ4n) is 2.74. The number of fused-ring (bicyclic) bond motifs is 1. The molecule has 0 aliphatic heterocycles. The number of hydrogen-bond donors (Lipinski definition) is 1. The second kappa shape index (κ2) is 8.23. The molecule has 3 rings (SSSR count). The molecule has 6 nitrogen and oxygen atoms in total. The highest BCUT2D eigenvalue weighted by Crippen LogP contribution is 2.23. The Kier molecular flexibility index (Phi) is 5.56. The van der Waals surface area contributed by atoms with E-state index in [4.69, 9.17) is 9.47 Å². The van der Waals surface area contributed by atoms with E-state index in [1.54, 1.807) is 72.5 Å². The number of ether oxygens (including phenoxy) is 2. The van der Waals surface area contributed by atoms with E-state index >= 15 is 0 Å². The van der Waals surface area contributed by atoms with Crippen LogP contribution in [0.4, 0.5) is 5.69 Å². The summed E-state index contributed by atoms with van der Waals surface area (Å²) in [6, 6.07) is 14.1. The van der Waals surface area contributed by atoms with E-state index in [0.29, 0.717) is 34.5 Å². The van der Waals surface area contributed by atoms with E-state index in [0.717, 1.165) is 0 Å². The number of anilines is 1. The molecule has 0 fully saturated rings. The molecular formula is C21H20N2O4. The van der Waals surface area contributed by atoms with Gasteiger partial charge in [-0.1, -0.05) is 18.2 Å². The molecule has 1 heterocycles. The Hall–Kier alpha value is -3.54. The maximum atomic E-state index is 12.5. The maximum absolute atomic E-state index is 12.5. The molecule has 6 heteroatoms. The first-order valence-electron chi connectivity index (χ1n) is 8.42. The monoisotopic (exact) mass is 364 g/mol. The molecule has 0 aliphatic carbocycles. The van der Waals surface area contributed by atoms with Crippen molar-refractivity contribution in [3.8, 4) is 11.5 Å². The molecule has 3 aromatic rings. The van der Waals surface area contributed by atoms with Crippen molar-refractivity contribution in [2.75, 3.05) is 19.0 Å². The molecule has 0 spiro atoms. The Morgan fingerprint density at radius 2 is 2.00 bits per heavy atom. The topological polar surface area (TPSA) is 69.6 Å². The summed E-state index contributed by atoms with van der Waals surface area (Å²) in [6.07, 6.45) is 3.35. The average molecular weight is 364 g/mol. The van der Waals surface area contributed by atoms with Crippen LogP contribution >= 0.6 is 0 Å². The van der Waals surface area contributed by atoms with Crippen molar-refractivity contribution < 1.29 is 14.3 Å². The van der Waals surface area contributed by atoms with E-state index in [1.807, 2.05) is 0 Å². The van der Waals surface area contributed by atoms with Crippen LogP contribution in [0.25, 0.3) is 10.8 Å². The zero-order valence-electron chi connectivity index (χ0n) is 15.0. The van der Waals surface area contributed by atoms with Crippen LogP contribution in [-0.2, 0) is 11.3 Å². The zero-order chi connectivity index (χ0) is 19.2. The van der Waals surface area contributed by atoms with E-state index in [-0.39, 0.29) is 18.1 Å². The van der Waals surface area contributed by atoms with E-state index in [9.17, 15) is 9.59 Å². The third-order valence-electron chi connectivity index (χ3n) is 4.02. The van der Waals surface area contributed by atoms with Crippen molar-refractivity contribution in [1.29, 1.82) is 0 Å². The van der Waals surface area contributed by atoms with Crippen LogP contribution in [0.15, 0.2) is 72.2 Å². The highest BCUT2D eigenvalue weighted by molar-refractivity contribution is 5.93. The highest BCUT2D eigenvalue weighted by Gasteiger charge is 2.09. The van der Waals surface area contributed by atoms with Crippen LogP contribution in [0.2, 0.25) is 0 Å². The summed E-state index contributed by atoms with van der Waals surface area (Å²) in [7, 11) is 1.56. The Morgan fingerprint density at radius 1 is 1.19 bits per heavy atom. The van der Waals surface area contributed by atoms with E-state index < -0.39 is 0 Å². The number of carbonyl (C=O) groups is 1. The Labute approximate surface area is 156 Å². The fraction of sp³-hybridized carbons (Fsp3) is 0.143. The van der Waals surface area contributed by atoms with E-state index in [2.05, 4.69) is 11.9 Å². The molecule has 27 heavy (non-hydrogen) atoms. The fourth-order valence-corrected chi connectivity index (χ4v) is 2.74. The lowest BCUT2D eigenvalue weighted by molar-refractivity contribution is -0.118. The number of pyridine rings is 1. The van der Waals surface area contributed by atoms with Gasteiger partial charge in [-0.05, 0) is 30.3 Å². The number of benzene rings is 2. The third-order valence-corrected chi connectivity index (χ3v) is 4.02. The van der Waals surface area contributed by atoms with E-state index in [1.165, 1.54) is 0 Å². The lowest BCUT2D eigenvalue weighted by Gasteiger charge is -2.11. The van der Waals surface area contributed by atoms with Gasteiger partial charge in [0, 0.05) is 29.9 Å². The molecule has 0 radical (unpaired) electrons. The predicted molar refractivity (Wildman–Crippen MR) is 106 cm³/mol. The summed E-state index contributed by atoms with van der Waals surface area (Å²) < 4.78 is 12.3. The Balaban J connectivity index is 1.74. The van der Waals surface area contributed by atoms with Gasteiger partial charge in [0.2, 0.25) is 0 Å². The van der Waals surface area contributed by atoms with Crippen LogP contribution in [0.3, 0.4) is 0 Å². The number of nitrogens with one attached hydrogen (secondary N) is 1. The summed E-state index contributed by atoms with van der Waals surface area (Å²) >= 11 is 0. The molecule has 0 saturated carbocycles. The minimum atomic E-state index is -0.305. The predicted octanol–water partition coefficient (Wildman–Crippen LogP) is 3.21. The molecule has 0 saturated heterocycles. The second-order valence-electron chi connectivity index (χ2n) is 5.85. The van der Waals surface area contributed by atoms with Gasteiger partial charge in [0.05, 0.1) is 12.5 Å². The van der Waals surface area contributed by atoms with Crippen molar-refractivity contribution in [1.82, 2.24) is 4.57 Å². The number of rotatable bonds is 7. The molecule has 1 aromatic heterocycles. The minimum absolute atomic E-state index is 0.126. The number of aromatic nitrogens is 1. The molecule has 0 atom stereocenters. The SMILES string of the molecule is C=CCn1ccc2c(OCC(=O)Nc3cccc(OC)c3)cccc2c1=O. The third kappa shape index (κ3) is 4.17. The summed E-state index contributed by atoms with van der Waals surface area (Å²) in [5, 5.41) is 3.95. The van der Waals surface area contributed by atoms with Crippen LogP contribution in [0.5, 0.6) is 11.5 Å². The second-order valence-corrected chi connectivity index (χ2v) is 5.85. The average Bonchev–Trinajstić information content (AvgIpc) is 2.69. The van der Waals surface area contributed by atoms with Crippen molar-refractivity contribution in [2.24, 2.45) is 0 Å². The number of methoxy groups -OCH3 is 1. The van der Waals surface area contributed by atoms with Crippen LogP contribution in [0.1, 0.15) is 0 Å². The quantitative estimate of drug-likeness (QED) is 0.654.